The second-order valence-electron chi connectivity index (χ2n) is 4.36. The molecule has 0 amide bonds. The van der Waals surface area contributed by atoms with Crippen molar-refractivity contribution in [3.8, 4) is 0 Å². The van der Waals surface area contributed by atoms with E-state index in [1.54, 1.807) is 12.3 Å². The number of benzene rings is 1. The van der Waals surface area contributed by atoms with E-state index >= 15 is 0 Å². The van der Waals surface area contributed by atoms with Gasteiger partial charge in [0.25, 0.3) is 0 Å². The molecule has 3 N–H and O–H groups in total. The first kappa shape index (κ1) is 12.5. The summed E-state index contributed by atoms with van der Waals surface area (Å²) in [6.45, 7) is 2.27. The number of halogens is 1. The molecule has 1 aromatic carbocycles. The number of rotatable bonds is 4. The van der Waals surface area contributed by atoms with Gasteiger partial charge in [0, 0.05) is 12.7 Å². The Balaban J connectivity index is 2.32. The van der Waals surface area contributed by atoms with Gasteiger partial charge in [-0.15, -0.1) is 0 Å². The third kappa shape index (κ3) is 2.49. The Bertz CT molecular complexity index is 515. The van der Waals surface area contributed by atoms with E-state index in [0.29, 0.717) is 6.54 Å². The van der Waals surface area contributed by atoms with Gasteiger partial charge in [-0.1, -0.05) is 30.3 Å². The van der Waals surface area contributed by atoms with Crippen molar-refractivity contribution in [3.05, 3.63) is 60.0 Å². The van der Waals surface area contributed by atoms with Crippen molar-refractivity contribution < 1.29 is 4.39 Å². The fourth-order valence-electron chi connectivity index (χ4n) is 1.79. The van der Waals surface area contributed by atoms with E-state index in [9.17, 15) is 4.39 Å². The zero-order valence-corrected chi connectivity index (χ0v) is 10.2. The number of pyridine rings is 1. The average Bonchev–Trinajstić information content (AvgIpc) is 2.42. The second kappa shape index (κ2) is 5.14. The number of hydrogen-bond donors (Lipinski definition) is 2. The molecule has 1 heterocycles. The Hall–Kier alpha value is -1.94. The molecule has 94 valence electrons. The summed E-state index contributed by atoms with van der Waals surface area (Å²) in [4.78, 5) is 4.00. The molecule has 2 aromatic rings. The highest BCUT2D eigenvalue weighted by atomic mass is 19.1. The van der Waals surface area contributed by atoms with Crippen LogP contribution in [0.3, 0.4) is 0 Å². The zero-order chi connectivity index (χ0) is 13.0. The first-order chi connectivity index (χ1) is 8.65. The summed E-state index contributed by atoms with van der Waals surface area (Å²) < 4.78 is 13.6. The molecule has 1 aromatic heterocycles. The first-order valence-corrected chi connectivity index (χ1v) is 5.80. The van der Waals surface area contributed by atoms with E-state index in [1.165, 1.54) is 6.07 Å². The highest BCUT2D eigenvalue weighted by Gasteiger charge is 2.25. The second-order valence-corrected chi connectivity index (χ2v) is 4.36. The molecule has 0 aliphatic carbocycles. The van der Waals surface area contributed by atoms with Crippen molar-refractivity contribution in [2.75, 3.05) is 11.9 Å². The maximum absolute atomic E-state index is 13.6. The minimum atomic E-state index is -0.545. The maximum Gasteiger partial charge on any atom is 0.165 e. The predicted molar refractivity (Wildman–Crippen MR) is 70.7 cm³/mol. The molecular weight excluding hydrogens is 229 g/mol. The van der Waals surface area contributed by atoms with Crippen LogP contribution >= 0.6 is 0 Å². The molecule has 0 aliphatic rings. The number of nitrogens with two attached hydrogens (primary N) is 1. The topological polar surface area (TPSA) is 50.9 Å². The fourth-order valence-corrected chi connectivity index (χ4v) is 1.79. The standard InChI is InChI=1S/C14H16FN3/c1-14(10-16,11-6-3-2-4-7-11)18-13-12(15)8-5-9-17-13/h2-9H,10,16H2,1H3,(H,17,18). The summed E-state index contributed by atoms with van der Waals surface area (Å²) in [6.07, 6.45) is 1.55. The zero-order valence-electron chi connectivity index (χ0n) is 10.2. The molecule has 1 atom stereocenters. The lowest BCUT2D eigenvalue weighted by Crippen LogP contribution is -2.40. The highest BCUT2D eigenvalue weighted by Crippen LogP contribution is 2.25. The SMILES string of the molecule is CC(CN)(Nc1ncccc1F)c1ccccc1. The Kier molecular flexibility index (Phi) is 3.58. The maximum atomic E-state index is 13.6. The van der Waals surface area contributed by atoms with Crippen LogP contribution in [0.15, 0.2) is 48.7 Å². The smallest absolute Gasteiger partial charge is 0.165 e. The Morgan fingerprint density at radius 1 is 1.22 bits per heavy atom. The molecule has 0 saturated carbocycles. The fraction of sp³-hybridized carbons (Fsp3) is 0.214. The average molecular weight is 245 g/mol. The summed E-state index contributed by atoms with van der Waals surface area (Å²) in [5.74, 6) is -0.164. The van der Waals surface area contributed by atoms with Crippen molar-refractivity contribution >= 4 is 5.82 Å². The van der Waals surface area contributed by atoms with Gasteiger partial charge in [-0.3, -0.25) is 0 Å². The Morgan fingerprint density at radius 3 is 2.56 bits per heavy atom. The molecule has 0 radical (unpaired) electrons. The van der Waals surface area contributed by atoms with E-state index in [0.717, 1.165) is 5.56 Å². The van der Waals surface area contributed by atoms with Gasteiger partial charge in [0.1, 0.15) is 0 Å². The van der Waals surface area contributed by atoms with Crippen LogP contribution < -0.4 is 11.1 Å². The van der Waals surface area contributed by atoms with Crippen LogP contribution in [0.25, 0.3) is 0 Å². The third-order valence-electron chi connectivity index (χ3n) is 2.97. The molecule has 0 saturated heterocycles. The summed E-state index contributed by atoms with van der Waals surface area (Å²) in [5, 5.41) is 3.08. The van der Waals surface area contributed by atoms with Crippen molar-refractivity contribution in [3.63, 3.8) is 0 Å². The lowest BCUT2D eigenvalue weighted by Gasteiger charge is -2.30. The summed E-state index contributed by atoms with van der Waals surface area (Å²) in [7, 11) is 0. The normalized spacial score (nSPS) is 13.9. The van der Waals surface area contributed by atoms with Gasteiger partial charge in [-0.25, -0.2) is 9.37 Å². The van der Waals surface area contributed by atoms with Crippen molar-refractivity contribution in [2.45, 2.75) is 12.5 Å². The van der Waals surface area contributed by atoms with Crippen molar-refractivity contribution in [2.24, 2.45) is 5.73 Å². The summed E-state index contributed by atoms with van der Waals surface area (Å²) in [5.41, 5.74) is 6.28. The van der Waals surface area contributed by atoms with E-state index in [2.05, 4.69) is 10.3 Å². The molecule has 0 bridgehead atoms. The lowest BCUT2D eigenvalue weighted by molar-refractivity contribution is 0.540. The van der Waals surface area contributed by atoms with Gasteiger partial charge < -0.3 is 11.1 Å². The quantitative estimate of drug-likeness (QED) is 0.870. The highest BCUT2D eigenvalue weighted by molar-refractivity contribution is 5.42. The van der Waals surface area contributed by atoms with Gasteiger partial charge in [-0.2, -0.15) is 0 Å². The predicted octanol–water partition coefficient (Wildman–Crippen LogP) is 2.51. The number of aromatic nitrogens is 1. The van der Waals surface area contributed by atoms with Gasteiger partial charge in [-0.05, 0) is 24.6 Å². The van der Waals surface area contributed by atoms with Crippen LogP contribution in [-0.2, 0) is 5.54 Å². The Morgan fingerprint density at radius 2 is 1.94 bits per heavy atom. The van der Waals surface area contributed by atoms with E-state index in [4.69, 9.17) is 5.73 Å². The Labute approximate surface area is 106 Å². The van der Waals surface area contributed by atoms with E-state index < -0.39 is 5.54 Å². The number of anilines is 1. The number of nitrogens with one attached hydrogen (secondary N) is 1. The summed E-state index contributed by atoms with van der Waals surface area (Å²) in [6, 6.07) is 12.6. The summed E-state index contributed by atoms with van der Waals surface area (Å²) >= 11 is 0. The first-order valence-electron chi connectivity index (χ1n) is 5.80. The van der Waals surface area contributed by atoms with Crippen LogP contribution in [0.2, 0.25) is 0 Å². The van der Waals surface area contributed by atoms with E-state index in [1.807, 2.05) is 37.3 Å². The molecular formula is C14H16FN3. The van der Waals surface area contributed by atoms with Crippen LogP contribution in [0.1, 0.15) is 12.5 Å². The van der Waals surface area contributed by atoms with Gasteiger partial charge in [0.2, 0.25) is 0 Å². The van der Waals surface area contributed by atoms with Crippen LogP contribution in [-0.4, -0.2) is 11.5 Å². The van der Waals surface area contributed by atoms with Crippen molar-refractivity contribution in [1.82, 2.24) is 4.98 Å². The number of nitrogens with zero attached hydrogens (tertiary/aromatic N) is 1. The monoisotopic (exact) mass is 245 g/mol. The molecule has 2 rings (SSSR count). The number of hydrogen-bond acceptors (Lipinski definition) is 3. The van der Waals surface area contributed by atoms with Gasteiger partial charge in [0.05, 0.1) is 5.54 Å². The van der Waals surface area contributed by atoms with Crippen LogP contribution in [0.5, 0.6) is 0 Å². The van der Waals surface area contributed by atoms with Crippen LogP contribution in [0, 0.1) is 5.82 Å². The molecule has 1 unspecified atom stereocenters. The van der Waals surface area contributed by atoms with Crippen LogP contribution in [0.4, 0.5) is 10.2 Å². The molecule has 4 heteroatoms. The van der Waals surface area contributed by atoms with Crippen molar-refractivity contribution in [1.29, 1.82) is 0 Å². The minimum Gasteiger partial charge on any atom is -0.357 e. The minimum absolute atomic E-state index is 0.217. The molecule has 3 nitrogen and oxygen atoms in total. The van der Waals surface area contributed by atoms with Gasteiger partial charge in [0.15, 0.2) is 11.6 Å². The van der Waals surface area contributed by atoms with E-state index in [-0.39, 0.29) is 11.6 Å². The molecule has 0 spiro atoms. The largest absolute Gasteiger partial charge is 0.357 e. The molecule has 18 heavy (non-hydrogen) atoms. The molecule has 0 aliphatic heterocycles. The third-order valence-corrected chi connectivity index (χ3v) is 2.97. The molecule has 0 fully saturated rings. The van der Waals surface area contributed by atoms with Gasteiger partial charge >= 0.3 is 0 Å². The lowest BCUT2D eigenvalue weighted by atomic mass is 9.92.